The van der Waals surface area contributed by atoms with Gasteiger partial charge in [0.1, 0.15) is 5.82 Å². The Balaban J connectivity index is 1.42. The zero-order valence-corrected chi connectivity index (χ0v) is 14.5. The number of nitrogens with zero attached hydrogens (tertiary/aromatic N) is 3. The van der Waals surface area contributed by atoms with E-state index in [4.69, 9.17) is 16.1 Å². The Labute approximate surface area is 150 Å². The Hall–Kier alpha value is -1.95. The first kappa shape index (κ1) is 16.5. The van der Waals surface area contributed by atoms with Crippen LogP contribution in [0.15, 0.2) is 22.7 Å². The first-order valence-corrected chi connectivity index (χ1v) is 9.05. The highest BCUT2D eigenvalue weighted by molar-refractivity contribution is 6.33. The largest absolute Gasteiger partial charge is 0.339 e. The highest BCUT2D eigenvalue weighted by Gasteiger charge is 2.30. The third-order valence-corrected chi connectivity index (χ3v) is 5.17. The fourth-order valence-electron chi connectivity index (χ4n) is 3.35. The molecule has 0 N–H and O–H groups in total. The average molecular weight is 364 g/mol. The third-order valence-electron chi connectivity index (χ3n) is 4.86. The van der Waals surface area contributed by atoms with Crippen LogP contribution >= 0.6 is 11.6 Å². The maximum Gasteiger partial charge on any atom is 0.255 e. The molecule has 1 aromatic carbocycles. The van der Waals surface area contributed by atoms with E-state index >= 15 is 0 Å². The summed E-state index contributed by atoms with van der Waals surface area (Å²) in [5, 5.41) is 4.20. The number of rotatable bonds is 4. The van der Waals surface area contributed by atoms with Gasteiger partial charge in [-0.1, -0.05) is 16.8 Å². The maximum atomic E-state index is 13.2. The van der Waals surface area contributed by atoms with Crippen molar-refractivity contribution < 1.29 is 13.7 Å². The molecule has 1 saturated carbocycles. The van der Waals surface area contributed by atoms with E-state index in [2.05, 4.69) is 10.1 Å². The van der Waals surface area contributed by atoms with Gasteiger partial charge in [0, 0.05) is 25.4 Å². The van der Waals surface area contributed by atoms with Gasteiger partial charge in [0.25, 0.3) is 5.91 Å². The van der Waals surface area contributed by atoms with Crippen LogP contribution in [0, 0.1) is 11.7 Å². The van der Waals surface area contributed by atoms with Crippen molar-refractivity contribution in [2.45, 2.75) is 38.0 Å². The summed E-state index contributed by atoms with van der Waals surface area (Å²) >= 11 is 6.03. The van der Waals surface area contributed by atoms with Crippen molar-refractivity contribution in [3.05, 3.63) is 46.3 Å². The Morgan fingerprint density at radius 3 is 2.96 bits per heavy atom. The van der Waals surface area contributed by atoms with E-state index < -0.39 is 5.82 Å². The van der Waals surface area contributed by atoms with E-state index in [1.807, 2.05) is 0 Å². The lowest BCUT2D eigenvalue weighted by Crippen LogP contribution is -2.40. The first-order chi connectivity index (χ1) is 12.1. The Kier molecular flexibility index (Phi) is 4.46. The molecule has 25 heavy (non-hydrogen) atoms. The van der Waals surface area contributed by atoms with Crippen molar-refractivity contribution in [3.8, 4) is 0 Å². The lowest BCUT2D eigenvalue weighted by Gasteiger charge is -2.32. The van der Waals surface area contributed by atoms with E-state index in [-0.39, 0.29) is 16.8 Å². The Bertz CT molecular complexity index is 790. The average Bonchev–Trinajstić information content (AvgIpc) is 3.35. The van der Waals surface area contributed by atoms with Crippen LogP contribution in [0.1, 0.15) is 53.7 Å². The second-order valence-electron chi connectivity index (χ2n) is 6.91. The molecule has 2 heterocycles. The summed E-state index contributed by atoms with van der Waals surface area (Å²) in [5.74, 6) is 1.63. The molecule has 1 aliphatic carbocycles. The van der Waals surface area contributed by atoms with Crippen LogP contribution in [0.25, 0.3) is 0 Å². The van der Waals surface area contributed by atoms with Crippen LogP contribution in [0.3, 0.4) is 0 Å². The number of amides is 1. The van der Waals surface area contributed by atoms with Crippen molar-refractivity contribution in [1.82, 2.24) is 15.0 Å². The van der Waals surface area contributed by atoms with Crippen molar-refractivity contribution >= 4 is 17.5 Å². The Morgan fingerprint density at radius 2 is 2.20 bits per heavy atom. The van der Waals surface area contributed by atoms with Gasteiger partial charge in [0.05, 0.1) is 10.6 Å². The minimum absolute atomic E-state index is 0.151. The normalized spacial score (nSPS) is 20.7. The quantitative estimate of drug-likeness (QED) is 0.828. The summed E-state index contributed by atoms with van der Waals surface area (Å²) < 4.78 is 18.5. The molecule has 1 amide bonds. The van der Waals surface area contributed by atoms with Crippen LogP contribution in [0.2, 0.25) is 5.02 Å². The zero-order chi connectivity index (χ0) is 17.4. The standard InChI is InChI=1S/C18H19ClFN3O2/c19-15-9-13(20)5-6-14(15)18(24)23-7-1-2-11(10-23)8-16-21-17(22-25-16)12-3-4-12/h5-6,9,11-12H,1-4,7-8,10H2. The molecule has 1 saturated heterocycles. The topological polar surface area (TPSA) is 59.2 Å². The number of benzene rings is 1. The summed E-state index contributed by atoms with van der Waals surface area (Å²) in [6.07, 6.45) is 4.90. The molecule has 0 radical (unpaired) electrons. The van der Waals surface area contributed by atoms with E-state index in [1.165, 1.54) is 18.2 Å². The summed E-state index contributed by atoms with van der Waals surface area (Å²) in [4.78, 5) is 19.0. The summed E-state index contributed by atoms with van der Waals surface area (Å²) in [6, 6.07) is 3.88. The number of halogens is 2. The molecular weight excluding hydrogens is 345 g/mol. The number of carbonyl (C=O) groups is 1. The lowest BCUT2D eigenvalue weighted by atomic mass is 9.94. The van der Waals surface area contributed by atoms with E-state index in [9.17, 15) is 9.18 Å². The van der Waals surface area contributed by atoms with Gasteiger partial charge in [-0.15, -0.1) is 0 Å². The van der Waals surface area contributed by atoms with Gasteiger partial charge in [0.15, 0.2) is 5.82 Å². The van der Waals surface area contributed by atoms with Crippen LogP contribution in [0.5, 0.6) is 0 Å². The van der Waals surface area contributed by atoms with E-state index in [1.54, 1.807) is 4.90 Å². The van der Waals surface area contributed by atoms with E-state index in [0.29, 0.717) is 36.9 Å². The number of hydrogen-bond donors (Lipinski definition) is 0. The van der Waals surface area contributed by atoms with Crippen LogP contribution in [-0.2, 0) is 6.42 Å². The molecule has 0 bridgehead atoms. The van der Waals surface area contributed by atoms with Crippen LogP contribution < -0.4 is 0 Å². The highest BCUT2D eigenvalue weighted by Crippen LogP contribution is 2.38. The lowest BCUT2D eigenvalue weighted by molar-refractivity contribution is 0.0668. The zero-order valence-electron chi connectivity index (χ0n) is 13.8. The molecule has 0 spiro atoms. The van der Waals surface area contributed by atoms with Gasteiger partial charge in [-0.25, -0.2) is 4.39 Å². The molecule has 5 nitrogen and oxygen atoms in total. The molecule has 1 unspecified atom stereocenters. The maximum absolute atomic E-state index is 13.2. The van der Waals surface area contributed by atoms with Gasteiger partial charge in [-0.3, -0.25) is 4.79 Å². The van der Waals surface area contributed by atoms with Crippen molar-refractivity contribution in [1.29, 1.82) is 0 Å². The molecule has 4 rings (SSSR count). The summed E-state index contributed by atoms with van der Waals surface area (Å²) in [6.45, 7) is 1.30. The van der Waals surface area contributed by atoms with Gasteiger partial charge in [-0.2, -0.15) is 4.98 Å². The molecule has 2 aromatic rings. The predicted octanol–water partition coefficient (Wildman–Crippen LogP) is 3.83. The first-order valence-electron chi connectivity index (χ1n) is 8.67. The molecule has 7 heteroatoms. The van der Waals surface area contributed by atoms with Crippen LogP contribution in [-0.4, -0.2) is 34.0 Å². The number of likely N-dealkylation sites (tertiary alicyclic amines) is 1. The molecule has 2 aliphatic rings. The van der Waals surface area contributed by atoms with Crippen LogP contribution in [0.4, 0.5) is 4.39 Å². The number of hydrogen-bond acceptors (Lipinski definition) is 4. The second kappa shape index (κ2) is 6.75. The number of aromatic nitrogens is 2. The van der Waals surface area contributed by atoms with E-state index in [0.717, 1.165) is 31.5 Å². The summed E-state index contributed by atoms with van der Waals surface area (Å²) in [5.41, 5.74) is 0.345. The molecule has 132 valence electrons. The SMILES string of the molecule is O=C(c1ccc(F)cc1Cl)N1CCCC(Cc2nc(C3CC3)no2)C1. The molecular formula is C18H19ClFN3O2. The smallest absolute Gasteiger partial charge is 0.255 e. The number of piperidine rings is 1. The molecule has 1 aromatic heterocycles. The Morgan fingerprint density at radius 1 is 1.36 bits per heavy atom. The van der Waals surface area contributed by atoms with Crippen molar-refractivity contribution in [3.63, 3.8) is 0 Å². The van der Waals surface area contributed by atoms with Crippen molar-refractivity contribution in [2.24, 2.45) is 5.92 Å². The second-order valence-corrected chi connectivity index (χ2v) is 7.32. The van der Waals surface area contributed by atoms with Gasteiger partial charge < -0.3 is 9.42 Å². The number of carbonyl (C=O) groups excluding carboxylic acids is 1. The fourth-order valence-corrected chi connectivity index (χ4v) is 3.60. The predicted molar refractivity (Wildman–Crippen MR) is 90.0 cm³/mol. The monoisotopic (exact) mass is 363 g/mol. The van der Waals surface area contributed by atoms with Crippen molar-refractivity contribution in [2.75, 3.05) is 13.1 Å². The minimum Gasteiger partial charge on any atom is -0.339 e. The third kappa shape index (κ3) is 3.68. The van der Waals surface area contributed by atoms with Gasteiger partial charge in [0.2, 0.25) is 5.89 Å². The van der Waals surface area contributed by atoms with Gasteiger partial charge in [-0.05, 0) is 49.8 Å². The molecule has 1 aliphatic heterocycles. The molecule has 2 fully saturated rings. The fraction of sp³-hybridized carbons (Fsp3) is 0.500. The summed E-state index contributed by atoms with van der Waals surface area (Å²) in [7, 11) is 0. The minimum atomic E-state index is -0.444. The van der Waals surface area contributed by atoms with Gasteiger partial charge >= 0.3 is 0 Å². The highest BCUT2D eigenvalue weighted by atomic mass is 35.5. The molecule has 1 atom stereocenters.